The van der Waals surface area contributed by atoms with Crippen LogP contribution in [-0.2, 0) is 11.3 Å². The molecule has 1 aliphatic heterocycles. The van der Waals surface area contributed by atoms with Gasteiger partial charge in [-0.15, -0.1) is 0 Å². The fraction of sp³-hybridized carbons (Fsp3) is 0.286. The number of Topliss-reactive ketones (excluding diaryl/α,β-unsaturated/α-hetero) is 1. The van der Waals surface area contributed by atoms with E-state index in [1.54, 1.807) is 0 Å². The lowest BCUT2D eigenvalue weighted by Gasteiger charge is -2.14. The summed E-state index contributed by atoms with van der Waals surface area (Å²) in [5.41, 5.74) is 6.91. The second-order valence-corrected chi connectivity index (χ2v) is 9.70. The normalized spacial score (nSPS) is 15.6. The topological polar surface area (TPSA) is 59.9 Å². The number of ether oxygens (including phenoxy) is 1. The van der Waals surface area contributed by atoms with Crippen molar-refractivity contribution in [2.24, 2.45) is 0 Å². The van der Waals surface area contributed by atoms with Crippen molar-refractivity contribution in [1.82, 2.24) is 14.5 Å². The van der Waals surface area contributed by atoms with Crippen LogP contribution in [0.15, 0.2) is 71.9 Å². The molecule has 0 spiro atoms. The zero-order valence-corrected chi connectivity index (χ0v) is 20.4. The van der Waals surface area contributed by atoms with E-state index in [1.807, 2.05) is 49.4 Å². The number of thioether (sulfide) groups is 1. The van der Waals surface area contributed by atoms with Crippen molar-refractivity contribution in [3.8, 4) is 22.5 Å². The SMILES string of the molecule is Cc1cc(C(=O)CSc2nc(-c3ccccc3)c(-c3ccccc3)[nH]2)c(C)n1C[C@@H]1CCCO1. The minimum atomic E-state index is 0.121. The Morgan fingerprint density at radius 3 is 2.47 bits per heavy atom. The highest BCUT2D eigenvalue weighted by Crippen LogP contribution is 2.33. The van der Waals surface area contributed by atoms with E-state index in [0.717, 1.165) is 70.6 Å². The lowest BCUT2D eigenvalue weighted by Crippen LogP contribution is -2.17. The lowest BCUT2D eigenvalue weighted by atomic mass is 10.1. The molecule has 2 aromatic carbocycles. The molecule has 1 fully saturated rings. The maximum atomic E-state index is 13.2. The van der Waals surface area contributed by atoms with Gasteiger partial charge in [0, 0.05) is 41.2 Å². The molecule has 1 saturated heterocycles. The van der Waals surface area contributed by atoms with Crippen LogP contribution in [0.2, 0.25) is 0 Å². The Bertz CT molecular complexity index is 1210. The van der Waals surface area contributed by atoms with E-state index >= 15 is 0 Å². The number of aryl methyl sites for hydroxylation is 1. The zero-order valence-electron chi connectivity index (χ0n) is 19.6. The van der Waals surface area contributed by atoms with Crippen molar-refractivity contribution in [2.75, 3.05) is 12.4 Å². The number of hydrogen-bond acceptors (Lipinski definition) is 4. The number of nitrogens with zero attached hydrogens (tertiary/aromatic N) is 2. The molecule has 0 radical (unpaired) electrons. The quantitative estimate of drug-likeness (QED) is 0.241. The molecule has 6 heteroatoms. The summed E-state index contributed by atoms with van der Waals surface area (Å²) in [5, 5.41) is 0.749. The smallest absolute Gasteiger partial charge is 0.175 e. The fourth-order valence-electron chi connectivity index (χ4n) is 4.61. The first kappa shape index (κ1) is 22.7. The summed E-state index contributed by atoms with van der Waals surface area (Å²) in [6.45, 7) is 5.76. The van der Waals surface area contributed by atoms with Gasteiger partial charge >= 0.3 is 0 Å². The van der Waals surface area contributed by atoms with Crippen LogP contribution in [0.1, 0.15) is 34.6 Å². The Morgan fingerprint density at radius 1 is 1.09 bits per heavy atom. The van der Waals surface area contributed by atoms with Crippen molar-refractivity contribution < 1.29 is 9.53 Å². The molecular weight excluding hydrogens is 442 g/mol. The number of H-pyrrole nitrogens is 1. The Hall–Kier alpha value is -3.09. The Balaban J connectivity index is 1.35. The molecule has 3 heterocycles. The number of nitrogens with one attached hydrogen (secondary N) is 1. The summed E-state index contributed by atoms with van der Waals surface area (Å²) in [4.78, 5) is 21.5. The van der Waals surface area contributed by atoms with Crippen LogP contribution in [0, 0.1) is 13.8 Å². The first-order valence-electron chi connectivity index (χ1n) is 11.8. The van der Waals surface area contributed by atoms with Gasteiger partial charge in [-0.2, -0.15) is 0 Å². The van der Waals surface area contributed by atoms with Gasteiger partial charge in [-0.25, -0.2) is 4.98 Å². The van der Waals surface area contributed by atoms with Gasteiger partial charge in [-0.1, -0.05) is 72.4 Å². The molecule has 0 aliphatic carbocycles. The maximum Gasteiger partial charge on any atom is 0.175 e. The van der Waals surface area contributed by atoms with Crippen LogP contribution in [0.5, 0.6) is 0 Å². The highest BCUT2D eigenvalue weighted by Gasteiger charge is 2.22. The number of aromatic nitrogens is 3. The number of benzene rings is 2. The summed E-state index contributed by atoms with van der Waals surface area (Å²) in [6, 6.07) is 22.4. The molecule has 0 bridgehead atoms. The van der Waals surface area contributed by atoms with Crippen LogP contribution in [0.4, 0.5) is 0 Å². The van der Waals surface area contributed by atoms with Gasteiger partial charge < -0.3 is 14.3 Å². The third-order valence-corrected chi connectivity index (χ3v) is 7.29. The second-order valence-electron chi connectivity index (χ2n) is 8.74. The number of imidazole rings is 1. The van der Waals surface area contributed by atoms with Crippen molar-refractivity contribution >= 4 is 17.5 Å². The molecule has 174 valence electrons. The van der Waals surface area contributed by atoms with Gasteiger partial charge in [0.1, 0.15) is 0 Å². The number of carbonyl (C=O) groups is 1. The number of carbonyl (C=O) groups excluding carboxylic acids is 1. The molecule has 0 amide bonds. The molecule has 0 saturated carbocycles. The Kier molecular flexibility index (Phi) is 6.70. The van der Waals surface area contributed by atoms with Gasteiger partial charge in [0.15, 0.2) is 10.9 Å². The van der Waals surface area contributed by atoms with E-state index < -0.39 is 0 Å². The minimum absolute atomic E-state index is 0.121. The van der Waals surface area contributed by atoms with Crippen molar-refractivity contribution in [2.45, 2.75) is 44.5 Å². The Morgan fingerprint density at radius 2 is 1.79 bits per heavy atom. The molecule has 0 unspecified atom stereocenters. The van der Waals surface area contributed by atoms with E-state index in [2.05, 4.69) is 40.7 Å². The third-order valence-electron chi connectivity index (χ3n) is 6.42. The van der Waals surface area contributed by atoms with Crippen molar-refractivity contribution in [1.29, 1.82) is 0 Å². The zero-order chi connectivity index (χ0) is 23.5. The highest BCUT2D eigenvalue weighted by molar-refractivity contribution is 7.99. The monoisotopic (exact) mass is 471 g/mol. The summed E-state index contributed by atoms with van der Waals surface area (Å²) in [6.07, 6.45) is 2.45. The molecular formula is C28H29N3O2S. The average molecular weight is 472 g/mol. The second kappa shape index (κ2) is 10.0. The number of aromatic amines is 1. The number of rotatable bonds is 8. The molecule has 5 rings (SSSR count). The number of hydrogen-bond donors (Lipinski definition) is 1. The summed E-state index contributed by atoms with van der Waals surface area (Å²) in [7, 11) is 0. The molecule has 1 aliphatic rings. The summed E-state index contributed by atoms with van der Waals surface area (Å²) >= 11 is 1.45. The van der Waals surface area contributed by atoms with E-state index in [1.165, 1.54) is 11.8 Å². The van der Waals surface area contributed by atoms with Gasteiger partial charge in [-0.3, -0.25) is 4.79 Å². The molecule has 1 N–H and O–H groups in total. The summed E-state index contributed by atoms with van der Waals surface area (Å²) < 4.78 is 8.03. The van der Waals surface area contributed by atoms with Crippen LogP contribution in [-0.4, -0.2) is 38.8 Å². The highest BCUT2D eigenvalue weighted by atomic mass is 32.2. The van der Waals surface area contributed by atoms with Gasteiger partial charge in [0.25, 0.3) is 0 Å². The van der Waals surface area contributed by atoms with Gasteiger partial charge in [0.05, 0.1) is 23.2 Å². The molecule has 2 aromatic heterocycles. The van der Waals surface area contributed by atoms with Crippen LogP contribution in [0.3, 0.4) is 0 Å². The maximum absolute atomic E-state index is 13.2. The first-order valence-corrected chi connectivity index (χ1v) is 12.7. The standard InChI is InChI=1S/C28H29N3O2S/c1-19-16-24(20(2)31(19)17-23-14-9-15-33-23)25(32)18-34-28-29-26(21-10-5-3-6-11-21)27(30-28)22-12-7-4-8-13-22/h3-8,10-13,16,23H,9,14-15,17-18H2,1-2H3,(H,29,30)/t23-/m0/s1. The summed E-state index contributed by atoms with van der Waals surface area (Å²) in [5.74, 6) is 0.454. The third kappa shape index (κ3) is 4.74. The predicted molar refractivity (Wildman–Crippen MR) is 137 cm³/mol. The first-order chi connectivity index (χ1) is 16.6. The van der Waals surface area contributed by atoms with E-state index in [9.17, 15) is 4.79 Å². The largest absolute Gasteiger partial charge is 0.376 e. The van der Waals surface area contributed by atoms with Gasteiger partial charge in [0.2, 0.25) is 0 Å². The fourth-order valence-corrected chi connectivity index (χ4v) is 5.36. The molecule has 34 heavy (non-hydrogen) atoms. The van der Waals surface area contributed by atoms with Crippen molar-refractivity contribution in [3.63, 3.8) is 0 Å². The van der Waals surface area contributed by atoms with Gasteiger partial charge in [-0.05, 0) is 32.8 Å². The van der Waals surface area contributed by atoms with E-state index in [4.69, 9.17) is 9.72 Å². The van der Waals surface area contributed by atoms with E-state index in [0.29, 0.717) is 5.75 Å². The lowest BCUT2D eigenvalue weighted by molar-refractivity contribution is 0.0957. The van der Waals surface area contributed by atoms with Crippen LogP contribution < -0.4 is 0 Å². The Labute approximate surface area is 204 Å². The predicted octanol–water partition coefficient (Wildman–Crippen LogP) is 6.32. The van der Waals surface area contributed by atoms with E-state index in [-0.39, 0.29) is 11.9 Å². The van der Waals surface area contributed by atoms with Crippen LogP contribution in [0.25, 0.3) is 22.5 Å². The average Bonchev–Trinajstić information content (AvgIpc) is 3.60. The molecule has 5 nitrogen and oxygen atoms in total. The van der Waals surface area contributed by atoms with Crippen LogP contribution >= 0.6 is 11.8 Å². The molecule has 1 atom stereocenters. The number of ketones is 1. The van der Waals surface area contributed by atoms with Crippen molar-refractivity contribution in [3.05, 3.63) is 83.7 Å². The molecule has 4 aromatic rings. The minimum Gasteiger partial charge on any atom is -0.376 e.